The van der Waals surface area contributed by atoms with Crippen LogP contribution in [0.3, 0.4) is 0 Å². The summed E-state index contributed by atoms with van der Waals surface area (Å²) < 4.78 is 5.67. The molecule has 19 heavy (non-hydrogen) atoms. The molecule has 1 aromatic carbocycles. The average Bonchev–Trinajstić information content (AvgIpc) is 2.93. The first-order valence-corrected chi connectivity index (χ1v) is 6.50. The Morgan fingerprint density at radius 2 is 2.05 bits per heavy atom. The van der Waals surface area contributed by atoms with Crippen molar-refractivity contribution in [3.8, 4) is 5.75 Å². The van der Waals surface area contributed by atoms with Crippen LogP contribution in [-0.2, 0) is 19.4 Å². The van der Waals surface area contributed by atoms with Gasteiger partial charge in [0.2, 0.25) is 0 Å². The fourth-order valence-corrected chi connectivity index (χ4v) is 2.43. The third-order valence-electron chi connectivity index (χ3n) is 3.45. The molecule has 0 bridgehead atoms. The van der Waals surface area contributed by atoms with E-state index in [0.29, 0.717) is 18.1 Å². The Hall–Kier alpha value is -2.16. The quantitative estimate of drug-likeness (QED) is 0.786. The number of hydrogen-bond acceptors (Lipinski definition) is 3. The predicted octanol–water partition coefficient (Wildman–Crippen LogP) is 2.96. The highest BCUT2D eigenvalue weighted by Gasteiger charge is 2.10. The molecule has 1 aliphatic carbocycles. The van der Waals surface area contributed by atoms with Crippen molar-refractivity contribution in [1.29, 1.82) is 0 Å². The number of nitrogens with zero attached hydrogens (tertiary/aromatic N) is 1. The van der Waals surface area contributed by atoms with Gasteiger partial charge in [0, 0.05) is 0 Å². The summed E-state index contributed by atoms with van der Waals surface area (Å²) in [5, 5.41) is 0. The molecule has 0 spiro atoms. The number of carbonyl (C=O) groups excluding carboxylic acids is 1. The van der Waals surface area contributed by atoms with Crippen LogP contribution in [0.4, 0.5) is 0 Å². The lowest BCUT2D eigenvalue weighted by atomic mass is 10.1. The van der Waals surface area contributed by atoms with Gasteiger partial charge in [0.1, 0.15) is 18.1 Å². The van der Waals surface area contributed by atoms with Crippen LogP contribution in [0, 0.1) is 0 Å². The standard InChI is InChI=1S/C16H15NO2/c18-10-15-6-7-16(9-17-15)19-11-12-4-5-13-2-1-3-14(13)8-12/h4-10H,1-3,11H2. The Labute approximate surface area is 112 Å². The van der Waals surface area contributed by atoms with Crippen molar-refractivity contribution >= 4 is 6.29 Å². The summed E-state index contributed by atoms with van der Waals surface area (Å²) in [7, 11) is 0. The van der Waals surface area contributed by atoms with Crippen molar-refractivity contribution in [1.82, 2.24) is 4.98 Å². The van der Waals surface area contributed by atoms with Crippen molar-refractivity contribution in [3.05, 3.63) is 58.9 Å². The lowest BCUT2D eigenvalue weighted by molar-refractivity contribution is 0.111. The van der Waals surface area contributed by atoms with Gasteiger partial charge in [-0.2, -0.15) is 0 Å². The largest absolute Gasteiger partial charge is 0.487 e. The summed E-state index contributed by atoms with van der Waals surface area (Å²) in [4.78, 5) is 14.5. The normalized spacial score (nSPS) is 13.1. The number of fused-ring (bicyclic) bond motifs is 1. The predicted molar refractivity (Wildman–Crippen MR) is 72.4 cm³/mol. The van der Waals surface area contributed by atoms with Crippen molar-refractivity contribution < 1.29 is 9.53 Å². The van der Waals surface area contributed by atoms with Crippen LogP contribution in [0.5, 0.6) is 5.75 Å². The Balaban J connectivity index is 1.66. The minimum absolute atomic E-state index is 0.421. The number of benzene rings is 1. The maximum Gasteiger partial charge on any atom is 0.168 e. The zero-order chi connectivity index (χ0) is 13.1. The molecular formula is C16H15NO2. The van der Waals surface area contributed by atoms with Gasteiger partial charge in [-0.15, -0.1) is 0 Å². The van der Waals surface area contributed by atoms with E-state index in [9.17, 15) is 4.79 Å². The van der Waals surface area contributed by atoms with Gasteiger partial charge in [-0.25, -0.2) is 4.98 Å². The Morgan fingerprint density at radius 3 is 2.84 bits per heavy atom. The number of aldehydes is 1. The van der Waals surface area contributed by atoms with Gasteiger partial charge < -0.3 is 4.74 Å². The topological polar surface area (TPSA) is 39.2 Å². The van der Waals surface area contributed by atoms with E-state index in [-0.39, 0.29) is 0 Å². The van der Waals surface area contributed by atoms with E-state index in [1.807, 2.05) is 0 Å². The van der Waals surface area contributed by atoms with Gasteiger partial charge in [-0.1, -0.05) is 18.2 Å². The van der Waals surface area contributed by atoms with Crippen molar-refractivity contribution in [2.45, 2.75) is 25.9 Å². The molecule has 0 fully saturated rings. The second-order valence-electron chi connectivity index (χ2n) is 4.78. The Bertz CT molecular complexity index is 590. The molecule has 0 amide bonds. The summed E-state index contributed by atoms with van der Waals surface area (Å²) >= 11 is 0. The molecule has 2 aromatic rings. The highest BCUT2D eigenvalue weighted by atomic mass is 16.5. The summed E-state index contributed by atoms with van der Waals surface area (Å²) in [6.07, 6.45) is 5.95. The summed E-state index contributed by atoms with van der Waals surface area (Å²) in [5.41, 5.74) is 4.53. The van der Waals surface area contributed by atoms with Gasteiger partial charge in [0.15, 0.2) is 6.29 Å². The highest BCUT2D eigenvalue weighted by Crippen LogP contribution is 2.23. The van der Waals surface area contributed by atoms with Gasteiger partial charge in [0.25, 0.3) is 0 Å². The molecule has 0 N–H and O–H groups in total. The molecule has 1 heterocycles. The zero-order valence-corrected chi connectivity index (χ0v) is 10.6. The van der Waals surface area contributed by atoms with Gasteiger partial charge in [-0.05, 0) is 48.1 Å². The third kappa shape index (κ3) is 2.65. The fourth-order valence-electron chi connectivity index (χ4n) is 2.43. The maximum absolute atomic E-state index is 10.5. The molecule has 1 aromatic heterocycles. The van der Waals surface area contributed by atoms with Crippen molar-refractivity contribution in [3.63, 3.8) is 0 Å². The van der Waals surface area contributed by atoms with Crippen LogP contribution >= 0.6 is 0 Å². The van der Waals surface area contributed by atoms with E-state index in [4.69, 9.17) is 4.74 Å². The lowest BCUT2D eigenvalue weighted by Gasteiger charge is -2.07. The molecule has 0 saturated carbocycles. The molecule has 0 radical (unpaired) electrons. The smallest absolute Gasteiger partial charge is 0.168 e. The Kier molecular flexibility index (Phi) is 3.27. The van der Waals surface area contributed by atoms with Crippen LogP contribution in [0.15, 0.2) is 36.5 Å². The number of aromatic nitrogens is 1. The van der Waals surface area contributed by atoms with Crippen LogP contribution < -0.4 is 4.74 Å². The number of aryl methyl sites for hydroxylation is 2. The molecule has 0 saturated heterocycles. The van der Waals surface area contributed by atoms with Gasteiger partial charge >= 0.3 is 0 Å². The minimum atomic E-state index is 0.421. The SMILES string of the molecule is O=Cc1ccc(OCc2ccc3c(c2)CCC3)cn1. The van der Waals surface area contributed by atoms with Crippen LogP contribution in [0.2, 0.25) is 0 Å². The molecule has 0 aliphatic heterocycles. The number of carbonyl (C=O) groups is 1. The molecule has 1 aliphatic rings. The molecule has 3 heteroatoms. The van der Waals surface area contributed by atoms with E-state index >= 15 is 0 Å². The van der Waals surface area contributed by atoms with Crippen LogP contribution in [0.1, 0.15) is 33.6 Å². The Morgan fingerprint density at radius 1 is 1.16 bits per heavy atom. The lowest BCUT2D eigenvalue weighted by Crippen LogP contribution is -1.97. The molecule has 3 rings (SSSR count). The average molecular weight is 253 g/mol. The summed E-state index contributed by atoms with van der Waals surface area (Å²) in [6, 6.07) is 9.98. The number of hydrogen-bond donors (Lipinski definition) is 0. The fraction of sp³-hybridized carbons (Fsp3) is 0.250. The molecule has 0 atom stereocenters. The van der Waals surface area contributed by atoms with Gasteiger partial charge in [-0.3, -0.25) is 4.79 Å². The first kappa shape index (κ1) is 11.9. The zero-order valence-electron chi connectivity index (χ0n) is 10.6. The second-order valence-corrected chi connectivity index (χ2v) is 4.78. The molecule has 96 valence electrons. The molecular weight excluding hydrogens is 238 g/mol. The van der Waals surface area contributed by atoms with Crippen LogP contribution in [0.25, 0.3) is 0 Å². The van der Waals surface area contributed by atoms with Crippen molar-refractivity contribution in [2.24, 2.45) is 0 Å². The van der Waals surface area contributed by atoms with Gasteiger partial charge in [0.05, 0.1) is 6.20 Å². The van der Waals surface area contributed by atoms with E-state index < -0.39 is 0 Å². The van der Waals surface area contributed by atoms with E-state index in [0.717, 1.165) is 6.29 Å². The number of pyridine rings is 1. The number of ether oxygens (including phenoxy) is 1. The molecule has 0 unspecified atom stereocenters. The maximum atomic E-state index is 10.5. The first-order valence-electron chi connectivity index (χ1n) is 6.50. The van der Waals surface area contributed by atoms with E-state index in [1.165, 1.54) is 36.0 Å². The third-order valence-corrected chi connectivity index (χ3v) is 3.45. The minimum Gasteiger partial charge on any atom is -0.487 e. The summed E-state index contributed by atoms with van der Waals surface area (Å²) in [5.74, 6) is 0.686. The van der Waals surface area contributed by atoms with E-state index in [1.54, 1.807) is 18.3 Å². The second kappa shape index (κ2) is 5.22. The highest BCUT2D eigenvalue weighted by molar-refractivity contribution is 5.71. The van der Waals surface area contributed by atoms with Crippen LogP contribution in [-0.4, -0.2) is 11.3 Å². The molecule has 3 nitrogen and oxygen atoms in total. The van der Waals surface area contributed by atoms with Crippen molar-refractivity contribution in [2.75, 3.05) is 0 Å². The first-order chi connectivity index (χ1) is 9.35. The van der Waals surface area contributed by atoms with E-state index in [2.05, 4.69) is 23.2 Å². The monoisotopic (exact) mass is 253 g/mol. The number of rotatable bonds is 4. The summed E-state index contributed by atoms with van der Waals surface area (Å²) in [6.45, 7) is 0.537.